The highest BCUT2D eigenvalue weighted by Gasteiger charge is 2.42. The van der Waals surface area contributed by atoms with Crippen LogP contribution in [0.25, 0.3) is 0 Å². The van der Waals surface area contributed by atoms with E-state index in [1.54, 1.807) is 0 Å². The quantitative estimate of drug-likeness (QED) is 0.813. The second-order valence-electron chi connectivity index (χ2n) is 5.74. The molecule has 2 aliphatic rings. The van der Waals surface area contributed by atoms with Gasteiger partial charge in [-0.05, 0) is 45.6 Å². The molecule has 1 amide bonds. The van der Waals surface area contributed by atoms with Crippen LogP contribution < -0.4 is 10.6 Å². The van der Waals surface area contributed by atoms with Gasteiger partial charge in [0.15, 0.2) is 0 Å². The van der Waals surface area contributed by atoms with E-state index in [2.05, 4.69) is 10.6 Å². The third-order valence-corrected chi connectivity index (χ3v) is 4.40. The highest BCUT2D eigenvalue weighted by Crippen LogP contribution is 2.37. The molecular weight excluding hydrogens is 257 g/mol. The van der Waals surface area contributed by atoms with Gasteiger partial charge in [-0.1, -0.05) is 0 Å². The minimum atomic E-state index is -4.08. The van der Waals surface area contributed by atoms with E-state index in [1.165, 1.54) is 0 Å². The molecule has 1 saturated carbocycles. The maximum absolute atomic E-state index is 12.5. The molecule has 1 aliphatic heterocycles. The summed E-state index contributed by atoms with van der Waals surface area (Å²) in [6, 6.07) is 0.0745. The Kier molecular flexibility index (Phi) is 4.38. The highest BCUT2D eigenvalue weighted by atomic mass is 19.4. The van der Waals surface area contributed by atoms with E-state index >= 15 is 0 Å². The van der Waals surface area contributed by atoms with E-state index in [-0.39, 0.29) is 36.8 Å². The van der Waals surface area contributed by atoms with E-state index in [4.69, 9.17) is 0 Å². The van der Waals surface area contributed by atoms with Crippen LogP contribution in [0.15, 0.2) is 0 Å². The van der Waals surface area contributed by atoms with Gasteiger partial charge in [0, 0.05) is 12.1 Å². The average Bonchev–Trinajstić information content (AvgIpc) is 2.75. The van der Waals surface area contributed by atoms with Crippen molar-refractivity contribution in [3.63, 3.8) is 0 Å². The Morgan fingerprint density at radius 3 is 2.26 bits per heavy atom. The van der Waals surface area contributed by atoms with Gasteiger partial charge in [0.05, 0.1) is 11.8 Å². The summed E-state index contributed by atoms with van der Waals surface area (Å²) in [7, 11) is 0. The van der Waals surface area contributed by atoms with Crippen LogP contribution in [-0.2, 0) is 4.79 Å². The number of amides is 1. The van der Waals surface area contributed by atoms with Crippen LogP contribution in [0.3, 0.4) is 0 Å². The van der Waals surface area contributed by atoms with Crippen LogP contribution in [0.5, 0.6) is 0 Å². The fourth-order valence-electron chi connectivity index (χ4n) is 3.09. The molecule has 1 saturated heterocycles. The van der Waals surface area contributed by atoms with E-state index < -0.39 is 12.1 Å². The predicted molar refractivity (Wildman–Crippen MR) is 65.5 cm³/mol. The van der Waals surface area contributed by atoms with Gasteiger partial charge in [0.2, 0.25) is 5.91 Å². The molecule has 110 valence electrons. The van der Waals surface area contributed by atoms with Crippen molar-refractivity contribution in [3.8, 4) is 0 Å². The predicted octanol–water partition coefficient (Wildman–Crippen LogP) is 2.22. The lowest BCUT2D eigenvalue weighted by molar-refractivity contribution is -0.182. The van der Waals surface area contributed by atoms with Gasteiger partial charge < -0.3 is 10.6 Å². The number of hydrogen-bond donors (Lipinski definition) is 2. The van der Waals surface area contributed by atoms with Crippen molar-refractivity contribution in [3.05, 3.63) is 0 Å². The second-order valence-corrected chi connectivity index (χ2v) is 5.74. The summed E-state index contributed by atoms with van der Waals surface area (Å²) in [6.45, 7) is 2.80. The zero-order valence-electron chi connectivity index (χ0n) is 11.1. The molecule has 2 rings (SSSR count). The monoisotopic (exact) mass is 278 g/mol. The molecule has 2 atom stereocenters. The standard InChI is InChI=1S/C13H21F3N2O/c1-8-11(6-7-17-8)12(19)18-10-4-2-9(3-5-10)13(14,15)16/h8-11,17H,2-7H2,1H3,(H,18,19). The normalized spacial score (nSPS) is 36.2. The minimum absolute atomic E-state index is 0.00652. The van der Waals surface area contributed by atoms with E-state index in [0.717, 1.165) is 13.0 Å². The summed E-state index contributed by atoms with van der Waals surface area (Å²) < 4.78 is 37.6. The molecule has 0 radical (unpaired) electrons. The molecule has 2 fully saturated rings. The van der Waals surface area contributed by atoms with Crippen LogP contribution in [0.1, 0.15) is 39.0 Å². The smallest absolute Gasteiger partial charge is 0.353 e. The van der Waals surface area contributed by atoms with Crippen molar-refractivity contribution in [2.75, 3.05) is 6.54 Å². The van der Waals surface area contributed by atoms with Gasteiger partial charge in [-0.2, -0.15) is 13.2 Å². The molecule has 0 aromatic carbocycles. The molecule has 6 heteroatoms. The first kappa shape index (κ1) is 14.6. The van der Waals surface area contributed by atoms with Crippen molar-refractivity contribution in [1.29, 1.82) is 0 Å². The van der Waals surface area contributed by atoms with Gasteiger partial charge in [0.1, 0.15) is 0 Å². The third-order valence-electron chi connectivity index (χ3n) is 4.40. The molecule has 0 aromatic heterocycles. The Balaban J connectivity index is 1.78. The Hall–Kier alpha value is -0.780. The number of carbonyl (C=O) groups is 1. The minimum Gasteiger partial charge on any atom is -0.353 e. The summed E-state index contributed by atoms with van der Waals surface area (Å²) in [4.78, 5) is 12.0. The van der Waals surface area contributed by atoms with Crippen molar-refractivity contribution in [2.24, 2.45) is 11.8 Å². The number of hydrogen-bond acceptors (Lipinski definition) is 2. The van der Waals surface area contributed by atoms with Gasteiger partial charge in [0.25, 0.3) is 0 Å². The SMILES string of the molecule is CC1NCCC1C(=O)NC1CCC(C(F)(F)F)CC1. The van der Waals surface area contributed by atoms with Crippen molar-refractivity contribution in [2.45, 2.75) is 57.3 Å². The van der Waals surface area contributed by atoms with Crippen molar-refractivity contribution in [1.82, 2.24) is 10.6 Å². The first-order chi connectivity index (χ1) is 8.88. The molecule has 1 heterocycles. The van der Waals surface area contributed by atoms with Gasteiger partial charge in [-0.15, -0.1) is 0 Å². The molecule has 0 aromatic rings. The first-order valence-corrected chi connectivity index (χ1v) is 6.98. The van der Waals surface area contributed by atoms with E-state index in [1.807, 2.05) is 6.92 Å². The topological polar surface area (TPSA) is 41.1 Å². The Morgan fingerprint density at radius 2 is 1.79 bits per heavy atom. The molecular formula is C13H21F3N2O. The van der Waals surface area contributed by atoms with Crippen LogP contribution in [0.2, 0.25) is 0 Å². The van der Waals surface area contributed by atoms with Gasteiger partial charge in [-0.25, -0.2) is 0 Å². The lowest BCUT2D eigenvalue weighted by Gasteiger charge is -2.31. The average molecular weight is 278 g/mol. The number of carbonyl (C=O) groups excluding carboxylic acids is 1. The molecule has 2 N–H and O–H groups in total. The number of nitrogens with one attached hydrogen (secondary N) is 2. The van der Waals surface area contributed by atoms with Gasteiger partial charge in [-0.3, -0.25) is 4.79 Å². The summed E-state index contributed by atoms with van der Waals surface area (Å²) >= 11 is 0. The first-order valence-electron chi connectivity index (χ1n) is 6.98. The Labute approximate surface area is 111 Å². The Bertz CT molecular complexity index is 324. The van der Waals surface area contributed by atoms with Crippen molar-refractivity contribution < 1.29 is 18.0 Å². The molecule has 3 nitrogen and oxygen atoms in total. The van der Waals surface area contributed by atoms with E-state index in [0.29, 0.717) is 12.8 Å². The zero-order chi connectivity index (χ0) is 14.0. The summed E-state index contributed by atoms with van der Waals surface area (Å²) in [5.74, 6) is -1.24. The maximum atomic E-state index is 12.5. The van der Waals surface area contributed by atoms with Crippen molar-refractivity contribution >= 4 is 5.91 Å². The highest BCUT2D eigenvalue weighted by molar-refractivity contribution is 5.80. The molecule has 2 unspecified atom stereocenters. The molecule has 19 heavy (non-hydrogen) atoms. The largest absolute Gasteiger partial charge is 0.391 e. The molecule has 1 aliphatic carbocycles. The van der Waals surface area contributed by atoms with Crippen LogP contribution in [0, 0.1) is 11.8 Å². The fraction of sp³-hybridized carbons (Fsp3) is 0.923. The fourth-order valence-corrected chi connectivity index (χ4v) is 3.09. The number of alkyl halides is 3. The lowest BCUT2D eigenvalue weighted by Crippen LogP contribution is -2.44. The van der Waals surface area contributed by atoms with E-state index in [9.17, 15) is 18.0 Å². The number of halogens is 3. The Morgan fingerprint density at radius 1 is 1.16 bits per heavy atom. The van der Waals surface area contributed by atoms with Crippen LogP contribution in [-0.4, -0.2) is 30.7 Å². The maximum Gasteiger partial charge on any atom is 0.391 e. The zero-order valence-corrected chi connectivity index (χ0v) is 11.1. The molecule has 0 bridgehead atoms. The third kappa shape index (κ3) is 3.61. The summed E-state index contributed by atoms with van der Waals surface area (Å²) in [5, 5.41) is 6.12. The summed E-state index contributed by atoms with van der Waals surface area (Å²) in [5.41, 5.74) is 0. The number of rotatable bonds is 2. The second kappa shape index (κ2) is 5.69. The lowest BCUT2D eigenvalue weighted by atomic mass is 9.85. The van der Waals surface area contributed by atoms with Crippen LogP contribution in [0.4, 0.5) is 13.2 Å². The van der Waals surface area contributed by atoms with Gasteiger partial charge >= 0.3 is 6.18 Å². The summed E-state index contributed by atoms with van der Waals surface area (Å²) in [6.07, 6.45) is -2.14. The molecule has 0 spiro atoms. The van der Waals surface area contributed by atoms with Crippen LogP contribution >= 0.6 is 0 Å².